The molecule has 0 aliphatic heterocycles. The number of hydrogen-bond donors (Lipinski definition) is 2. The van der Waals surface area contributed by atoms with Crippen LogP contribution in [0.5, 0.6) is 0 Å². The molecule has 0 aromatic rings. The summed E-state index contributed by atoms with van der Waals surface area (Å²) in [5.74, 6) is -1.38. The average molecular weight is 171 g/mol. The van der Waals surface area contributed by atoms with Crippen LogP contribution in [0.2, 0.25) is 0 Å². The normalized spacial score (nSPS) is 7.92. The minimum atomic E-state index is -1.68. The number of terminal acetylenes is 1. The molecule has 0 aromatic heterocycles. The third-order valence-corrected chi connectivity index (χ3v) is 0.709. The lowest BCUT2D eigenvalue weighted by molar-refractivity contribution is -0.134. The molecule has 0 aliphatic rings. The summed E-state index contributed by atoms with van der Waals surface area (Å²) in [7, 11) is 0. The molecule has 6 nitrogen and oxygen atoms in total. The SMILES string of the molecule is C#CCON=C(C(=O)O)C(=O)O. The highest BCUT2D eigenvalue weighted by molar-refractivity contribution is 6.61. The second-order valence-corrected chi connectivity index (χ2v) is 1.53. The van der Waals surface area contributed by atoms with Crippen molar-refractivity contribution in [2.24, 2.45) is 5.16 Å². The van der Waals surface area contributed by atoms with Gasteiger partial charge >= 0.3 is 11.9 Å². The summed E-state index contributed by atoms with van der Waals surface area (Å²) in [6, 6.07) is 0. The van der Waals surface area contributed by atoms with Gasteiger partial charge in [0, 0.05) is 0 Å². The summed E-state index contributed by atoms with van der Waals surface area (Å²) in [4.78, 5) is 24.3. The third-order valence-electron chi connectivity index (χ3n) is 0.709. The van der Waals surface area contributed by atoms with Crippen molar-refractivity contribution in [1.82, 2.24) is 0 Å². The van der Waals surface area contributed by atoms with Gasteiger partial charge in [-0.1, -0.05) is 11.1 Å². The van der Waals surface area contributed by atoms with E-state index in [1.54, 1.807) is 0 Å². The van der Waals surface area contributed by atoms with Gasteiger partial charge in [0.05, 0.1) is 0 Å². The highest BCUT2D eigenvalue weighted by Gasteiger charge is 2.19. The first kappa shape index (κ1) is 9.97. The van der Waals surface area contributed by atoms with Gasteiger partial charge in [0.25, 0.3) is 5.71 Å². The summed E-state index contributed by atoms with van der Waals surface area (Å²) < 4.78 is 0. The van der Waals surface area contributed by atoms with Gasteiger partial charge in [-0.25, -0.2) is 9.59 Å². The Morgan fingerprint density at radius 1 is 1.42 bits per heavy atom. The molecule has 0 heterocycles. The van der Waals surface area contributed by atoms with Crippen LogP contribution in [-0.2, 0) is 14.4 Å². The van der Waals surface area contributed by atoms with Crippen molar-refractivity contribution >= 4 is 17.7 Å². The van der Waals surface area contributed by atoms with Crippen LogP contribution in [0.1, 0.15) is 0 Å². The fourth-order valence-electron chi connectivity index (χ4n) is 0.304. The molecule has 0 saturated heterocycles. The molecule has 0 fully saturated rings. The number of rotatable bonds is 4. The summed E-state index contributed by atoms with van der Waals surface area (Å²) in [5, 5.41) is 19.2. The number of aliphatic carboxylic acids is 2. The van der Waals surface area contributed by atoms with Crippen LogP contribution in [0, 0.1) is 12.3 Å². The van der Waals surface area contributed by atoms with Crippen LogP contribution in [0.3, 0.4) is 0 Å². The predicted molar refractivity (Wildman–Crippen MR) is 37.5 cm³/mol. The first-order valence-corrected chi connectivity index (χ1v) is 2.69. The number of oxime groups is 1. The lowest BCUT2D eigenvalue weighted by Gasteiger charge is -1.93. The van der Waals surface area contributed by atoms with Crippen LogP contribution in [-0.4, -0.2) is 34.5 Å². The molecule has 0 spiro atoms. The maximum Gasteiger partial charge on any atom is 0.365 e. The fraction of sp³-hybridized carbons (Fsp3) is 0.167. The zero-order chi connectivity index (χ0) is 9.56. The molecule has 0 aliphatic carbocycles. The largest absolute Gasteiger partial charge is 0.476 e. The Bertz CT molecular complexity index is 246. The minimum absolute atomic E-state index is 0.274. The number of carboxylic acid groups (broad SMARTS) is 2. The van der Waals surface area contributed by atoms with E-state index in [9.17, 15) is 9.59 Å². The van der Waals surface area contributed by atoms with Gasteiger partial charge in [0.2, 0.25) is 0 Å². The first-order chi connectivity index (χ1) is 5.59. The molecular weight excluding hydrogens is 166 g/mol. The van der Waals surface area contributed by atoms with E-state index >= 15 is 0 Å². The Labute approximate surface area is 67.4 Å². The molecular formula is C6H5NO5. The second kappa shape index (κ2) is 4.73. The number of carboxylic acids is 2. The van der Waals surface area contributed by atoms with Crippen LogP contribution in [0.4, 0.5) is 0 Å². The quantitative estimate of drug-likeness (QED) is 0.189. The molecule has 0 rings (SSSR count). The molecule has 0 atom stereocenters. The van der Waals surface area contributed by atoms with Crippen molar-refractivity contribution in [3.63, 3.8) is 0 Å². The predicted octanol–water partition coefficient (Wildman–Crippen LogP) is -0.839. The fourth-order valence-corrected chi connectivity index (χ4v) is 0.304. The van der Waals surface area contributed by atoms with Gasteiger partial charge in [-0.15, -0.1) is 6.42 Å². The number of carbonyl (C=O) groups is 2. The van der Waals surface area contributed by atoms with Gasteiger partial charge in [0.1, 0.15) is 0 Å². The van der Waals surface area contributed by atoms with Gasteiger partial charge in [0.15, 0.2) is 6.61 Å². The van der Waals surface area contributed by atoms with Crippen molar-refractivity contribution in [2.45, 2.75) is 0 Å². The molecule has 64 valence electrons. The second-order valence-electron chi connectivity index (χ2n) is 1.53. The Morgan fingerprint density at radius 3 is 2.25 bits per heavy atom. The molecule has 12 heavy (non-hydrogen) atoms. The van der Waals surface area contributed by atoms with Gasteiger partial charge in [-0.2, -0.15) is 0 Å². The van der Waals surface area contributed by atoms with E-state index in [1.165, 1.54) is 0 Å². The molecule has 0 bridgehead atoms. The smallest absolute Gasteiger partial charge is 0.365 e. The summed E-state index contributed by atoms with van der Waals surface area (Å²) in [6.45, 7) is -0.274. The lowest BCUT2D eigenvalue weighted by Crippen LogP contribution is -2.23. The van der Waals surface area contributed by atoms with Crippen LogP contribution >= 0.6 is 0 Å². The monoisotopic (exact) mass is 171 g/mol. The van der Waals surface area contributed by atoms with Gasteiger partial charge < -0.3 is 15.1 Å². The minimum Gasteiger partial charge on any atom is -0.476 e. The Balaban J connectivity index is 4.32. The van der Waals surface area contributed by atoms with E-state index in [1.807, 2.05) is 5.92 Å². The standard InChI is InChI=1S/C6H5NO5/c1-2-3-12-7-4(5(8)9)6(10)11/h1H,3H2,(H,8,9)(H,10,11). The van der Waals surface area contributed by atoms with E-state index in [4.69, 9.17) is 16.6 Å². The lowest BCUT2D eigenvalue weighted by atomic mass is 10.4. The zero-order valence-corrected chi connectivity index (χ0v) is 5.85. The van der Waals surface area contributed by atoms with Crippen molar-refractivity contribution in [2.75, 3.05) is 6.61 Å². The number of hydrogen-bond acceptors (Lipinski definition) is 4. The molecule has 0 unspecified atom stereocenters. The van der Waals surface area contributed by atoms with Crippen molar-refractivity contribution in [3.8, 4) is 12.3 Å². The zero-order valence-electron chi connectivity index (χ0n) is 5.85. The van der Waals surface area contributed by atoms with E-state index in [0.29, 0.717) is 0 Å². The highest BCUT2D eigenvalue weighted by Crippen LogP contribution is 1.82. The van der Waals surface area contributed by atoms with Crippen molar-refractivity contribution in [3.05, 3.63) is 0 Å². The van der Waals surface area contributed by atoms with E-state index in [-0.39, 0.29) is 6.61 Å². The molecule has 2 N–H and O–H groups in total. The number of nitrogens with zero attached hydrogens (tertiary/aromatic N) is 1. The Morgan fingerprint density at radius 2 is 1.92 bits per heavy atom. The topological polar surface area (TPSA) is 96.2 Å². The van der Waals surface area contributed by atoms with Gasteiger partial charge in [-0.05, 0) is 0 Å². The Hall–Kier alpha value is -2.03. The van der Waals surface area contributed by atoms with E-state index < -0.39 is 17.7 Å². The van der Waals surface area contributed by atoms with Crippen LogP contribution in [0.15, 0.2) is 5.16 Å². The summed E-state index contributed by atoms with van der Waals surface area (Å²) >= 11 is 0. The average Bonchev–Trinajstić information content (AvgIpc) is 1.96. The van der Waals surface area contributed by atoms with Crippen molar-refractivity contribution in [1.29, 1.82) is 0 Å². The van der Waals surface area contributed by atoms with Crippen molar-refractivity contribution < 1.29 is 24.6 Å². The third kappa shape index (κ3) is 3.22. The molecule has 0 amide bonds. The molecule has 0 aromatic carbocycles. The van der Waals surface area contributed by atoms with E-state index in [0.717, 1.165) is 0 Å². The summed E-state index contributed by atoms with van der Waals surface area (Å²) in [6.07, 6.45) is 4.73. The Kier molecular flexibility index (Phi) is 3.93. The highest BCUT2D eigenvalue weighted by atomic mass is 16.6. The van der Waals surface area contributed by atoms with Crippen LogP contribution < -0.4 is 0 Å². The summed E-state index contributed by atoms with van der Waals surface area (Å²) in [5.41, 5.74) is -1.11. The molecule has 6 heteroatoms. The molecule has 0 saturated carbocycles. The van der Waals surface area contributed by atoms with E-state index in [2.05, 4.69) is 9.99 Å². The maximum absolute atomic E-state index is 10.1. The van der Waals surface area contributed by atoms with Crippen LogP contribution in [0.25, 0.3) is 0 Å². The van der Waals surface area contributed by atoms with Gasteiger partial charge in [-0.3, -0.25) is 0 Å². The first-order valence-electron chi connectivity index (χ1n) is 2.69. The maximum atomic E-state index is 10.1. The molecule has 0 radical (unpaired) electrons.